The molecule has 2 aromatic rings. The standard InChI is InChI=1S/C20H22FNO4/c1-25-8-9-26-19-7-6-15(12-17(19)21)22-20(24)16-10-13-4-2-3-5-14(13)11-18(16)23/h6-7,10-12,23H,2-5,8-9H2,1H3,(H,22,24). The summed E-state index contributed by atoms with van der Waals surface area (Å²) in [6.45, 7) is 0.595. The van der Waals surface area contributed by atoms with E-state index in [2.05, 4.69) is 5.32 Å². The van der Waals surface area contributed by atoms with Gasteiger partial charge in [0.05, 0.1) is 12.2 Å². The summed E-state index contributed by atoms with van der Waals surface area (Å²) >= 11 is 0. The molecular weight excluding hydrogens is 337 g/mol. The molecule has 26 heavy (non-hydrogen) atoms. The molecule has 1 aliphatic carbocycles. The van der Waals surface area contributed by atoms with Crippen molar-refractivity contribution in [2.45, 2.75) is 25.7 Å². The molecule has 0 spiro atoms. The Morgan fingerprint density at radius 2 is 1.88 bits per heavy atom. The van der Waals surface area contributed by atoms with Gasteiger partial charge in [-0.05, 0) is 61.1 Å². The minimum atomic E-state index is -0.575. The van der Waals surface area contributed by atoms with Crippen LogP contribution in [0.1, 0.15) is 34.3 Å². The number of phenolic OH excluding ortho intramolecular Hbond substituents is 1. The summed E-state index contributed by atoms with van der Waals surface area (Å²) in [5.41, 5.74) is 2.68. The van der Waals surface area contributed by atoms with Gasteiger partial charge in [-0.25, -0.2) is 4.39 Å². The van der Waals surface area contributed by atoms with E-state index in [0.29, 0.717) is 12.3 Å². The van der Waals surface area contributed by atoms with Crippen LogP contribution < -0.4 is 10.1 Å². The maximum Gasteiger partial charge on any atom is 0.259 e. The van der Waals surface area contributed by atoms with Crippen molar-refractivity contribution in [3.05, 3.63) is 52.8 Å². The molecule has 0 fully saturated rings. The van der Waals surface area contributed by atoms with Gasteiger partial charge < -0.3 is 19.9 Å². The van der Waals surface area contributed by atoms with Gasteiger partial charge in [0.2, 0.25) is 0 Å². The van der Waals surface area contributed by atoms with Gasteiger partial charge in [-0.15, -0.1) is 0 Å². The van der Waals surface area contributed by atoms with Crippen molar-refractivity contribution in [1.82, 2.24) is 0 Å². The lowest BCUT2D eigenvalue weighted by Crippen LogP contribution is -2.14. The molecular formula is C20H22FNO4. The van der Waals surface area contributed by atoms with E-state index in [4.69, 9.17) is 9.47 Å². The predicted octanol–water partition coefficient (Wildman–Crippen LogP) is 3.69. The van der Waals surface area contributed by atoms with Crippen LogP contribution in [-0.2, 0) is 17.6 Å². The fourth-order valence-electron chi connectivity index (χ4n) is 3.08. The van der Waals surface area contributed by atoms with Gasteiger partial charge in [-0.1, -0.05) is 0 Å². The Balaban J connectivity index is 1.73. The molecule has 0 radical (unpaired) electrons. The van der Waals surface area contributed by atoms with Crippen molar-refractivity contribution in [3.63, 3.8) is 0 Å². The smallest absolute Gasteiger partial charge is 0.259 e. The van der Waals surface area contributed by atoms with Crippen LogP contribution in [0.15, 0.2) is 30.3 Å². The highest BCUT2D eigenvalue weighted by Crippen LogP contribution is 2.29. The van der Waals surface area contributed by atoms with Crippen LogP contribution >= 0.6 is 0 Å². The van der Waals surface area contributed by atoms with E-state index >= 15 is 0 Å². The Hall–Kier alpha value is -2.60. The number of carbonyl (C=O) groups is 1. The average molecular weight is 359 g/mol. The number of methoxy groups -OCH3 is 1. The number of anilines is 1. The lowest BCUT2D eigenvalue weighted by atomic mass is 9.90. The molecule has 5 nitrogen and oxygen atoms in total. The number of phenols is 1. The first-order valence-corrected chi connectivity index (χ1v) is 8.66. The maximum atomic E-state index is 14.1. The molecule has 0 bridgehead atoms. The second kappa shape index (κ2) is 8.19. The number of aryl methyl sites for hydroxylation is 2. The molecule has 2 aromatic carbocycles. The number of nitrogens with one attached hydrogen (secondary N) is 1. The van der Waals surface area contributed by atoms with E-state index in [-0.39, 0.29) is 23.7 Å². The van der Waals surface area contributed by atoms with Gasteiger partial charge in [0, 0.05) is 18.9 Å². The average Bonchev–Trinajstić information content (AvgIpc) is 2.63. The van der Waals surface area contributed by atoms with E-state index in [9.17, 15) is 14.3 Å². The normalized spacial score (nSPS) is 13.2. The number of ether oxygens (including phenoxy) is 2. The monoisotopic (exact) mass is 359 g/mol. The van der Waals surface area contributed by atoms with E-state index in [0.717, 1.165) is 36.8 Å². The largest absolute Gasteiger partial charge is 0.507 e. The first-order chi connectivity index (χ1) is 12.6. The molecule has 3 rings (SSSR count). The second-order valence-electron chi connectivity index (χ2n) is 6.29. The van der Waals surface area contributed by atoms with Crippen LogP contribution in [0.5, 0.6) is 11.5 Å². The zero-order valence-corrected chi connectivity index (χ0v) is 14.7. The fraction of sp³-hybridized carbons (Fsp3) is 0.350. The van der Waals surface area contributed by atoms with Gasteiger partial charge in [-0.3, -0.25) is 4.79 Å². The summed E-state index contributed by atoms with van der Waals surface area (Å²) in [6, 6.07) is 7.59. The number of halogens is 1. The molecule has 0 atom stereocenters. The van der Waals surface area contributed by atoms with Gasteiger partial charge in [0.15, 0.2) is 11.6 Å². The Bertz CT molecular complexity index is 807. The van der Waals surface area contributed by atoms with Crippen molar-refractivity contribution in [3.8, 4) is 11.5 Å². The topological polar surface area (TPSA) is 67.8 Å². The summed E-state index contributed by atoms with van der Waals surface area (Å²) in [6.07, 6.45) is 3.99. The number of carbonyl (C=O) groups excluding carboxylic acids is 1. The number of hydrogen-bond donors (Lipinski definition) is 2. The predicted molar refractivity (Wildman–Crippen MR) is 96.5 cm³/mol. The summed E-state index contributed by atoms with van der Waals surface area (Å²) in [4.78, 5) is 12.5. The lowest BCUT2D eigenvalue weighted by molar-refractivity contribution is 0.102. The molecule has 2 N–H and O–H groups in total. The Kier molecular flexibility index (Phi) is 5.73. The van der Waals surface area contributed by atoms with Crippen LogP contribution in [0.2, 0.25) is 0 Å². The number of benzene rings is 2. The highest BCUT2D eigenvalue weighted by atomic mass is 19.1. The zero-order chi connectivity index (χ0) is 18.5. The minimum Gasteiger partial charge on any atom is -0.507 e. The molecule has 138 valence electrons. The molecule has 0 saturated heterocycles. The molecule has 1 amide bonds. The SMILES string of the molecule is COCCOc1ccc(NC(=O)c2cc3c(cc2O)CCCC3)cc1F. The third-order valence-electron chi connectivity index (χ3n) is 4.44. The van der Waals surface area contributed by atoms with E-state index in [1.807, 2.05) is 0 Å². The number of amides is 1. The highest BCUT2D eigenvalue weighted by Gasteiger charge is 2.18. The molecule has 0 saturated carbocycles. The summed E-state index contributed by atoms with van der Waals surface area (Å²) in [5, 5.41) is 12.8. The van der Waals surface area contributed by atoms with Crippen LogP contribution in [-0.4, -0.2) is 31.3 Å². The molecule has 0 aromatic heterocycles. The molecule has 0 unspecified atom stereocenters. The van der Waals surface area contributed by atoms with Crippen molar-refractivity contribution >= 4 is 11.6 Å². The van der Waals surface area contributed by atoms with Crippen LogP contribution in [0.25, 0.3) is 0 Å². The summed E-state index contributed by atoms with van der Waals surface area (Å²) in [7, 11) is 1.54. The fourth-order valence-corrected chi connectivity index (χ4v) is 3.08. The molecule has 6 heteroatoms. The first-order valence-electron chi connectivity index (χ1n) is 8.66. The summed E-state index contributed by atoms with van der Waals surface area (Å²) < 4.78 is 24.2. The van der Waals surface area contributed by atoms with Gasteiger partial charge >= 0.3 is 0 Å². The molecule has 0 aliphatic heterocycles. The third kappa shape index (κ3) is 4.14. The van der Waals surface area contributed by atoms with E-state index in [1.54, 1.807) is 18.2 Å². The minimum absolute atomic E-state index is 0.0526. The Morgan fingerprint density at radius 3 is 2.58 bits per heavy atom. The maximum absolute atomic E-state index is 14.1. The number of aromatic hydroxyl groups is 1. The zero-order valence-electron chi connectivity index (χ0n) is 14.7. The van der Waals surface area contributed by atoms with Crippen molar-refractivity contribution in [1.29, 1.82) is 0 Å². The number of fused-ring (bicyclic) bond motifs is 1. The molecule has 1 aliphatic rings. The van der Waals surface area contributed by atoms with Crippen LogP contribution in [0.4, 0.5) is 10.1 Å². The van der Waals surface area contributed by atoms with Crippen molar-refractivity contribution < 1.29 is 23.8 Å². The quantitative estimate of drug-likeness (QED) is 0.772. The van der Waals surface area contributed by atoms with Gasteiger partial charge in [0.1, 0.15) is 12.4 Å². The van der Waals surface area contributed by atoms with Gasteiger partial charge in [-0.2, -0.15) is 0 Å². The first kappa shape index (κ1) is 18.2. The number of hydrogen-bond acceptors (Lipinski definition) is 4. The van der Waals surface area contributed by atoms with Crippen molar-refractivity contribution in [2.75, 3.05) is 25.6 Å². The lowest BCUT2D eigenvalue weighted by Gasteiger charge is -2.17. The Morgan fingerprint density at radius 1 is 1.15 bits per heavy atom. The molecule has 0 heterocycles. The number of rotatable bonds is 6. The van der Waals surface area contributed by atoms with Gasteiger partial charge in [0.25, 0.3) is 5.91 Å². The third-order valence-corrected chi connectivity index (χ3v) is 4.44. The second-order valence-corrected chi connectivity index (χ2v) is 6.29. The van der Waals surface area contributed by atoms with Crippen molar-refractivity contribution in [2.24, 2.45) is 0 Å². The van der Waals surface area contributed by atoms with Crippen LogP contribution in [0.3, 0.4) is 0 Å². The van der Waals surface area contributed by atoms with E-state index in [1.165, 1.54) is 19.2 Å². The van der Waals surface area contributed by atoms with E-state index < -0.39 is 11.7 Å². The summed E-state index contributed by atoms with van der Waals surface area (Å²) in [5.74, 6) is -1.00. The highest BCUT2D eigenvalue weighted by molar-refractivity contribution is 6.06. The Labute approximate surface area is 151 Å². The van der Waals surface area contributed by atoms with Crippen LogP contribution in [0, 0.1) is 5.82 Å².